The summed E-state index contributed by atoms with van der Waals surface area (Å²) in [5.41, 5.74) is 5.97. The van der Waals surface area contributed by atoms with Crippen LogP contribution in [0.3, 0.4) is 0 Å². The van der Waals surface area contributed by atoms with Crippen molar-refractivity contribution in [2.24, 2.45) is 0 Å². The Morgan fingerprint density at radius 1 is 0.895 bits per heavy atom. The van der Waals surface area contributed by atoms with Gasteiger partial charge in [-0.1, -0.05) is 61.9 Å². The van der Waals surface area contributed by atoms with Gasteiger partial charge in [-0.05, 0) is 74.6 Å². The Hall–Kier alpha value is -4.04. The molecule has 0 unspecified atom stereocenters. The van der Waals surface area contributed by atoms with E-state index in [4.69, 9.17) is 4.74 Å². The number of nitrogens with zero attached hydrogens (tertiary/aromatic N) is 2. The van der Waals surface area contributed by atoms with Crippen LogP contribution in [0.1, 0.15) is 60.9 Å². The molecule has 38 heavy (non-hydrogen) atoms. The zero-order chi connectivity index (χ0) is 27.6. The lowest BCUT2D eigenvalue weighted by Gasteiger charge is -2.16. The van der Waals surface area contributed by atoms with Gasteiger partial charge in [0.1, 0.15) is 11.3 Å². The van der Waals surface area contributed by atoms with Crippen molar-refractivity contribution in [2.75, 3.05) is 0 Å². The first-order chi connectivity index (χ1) is 17.9. The van der Waals surface area contributed by atoms with E-state index in [2.05, 4.69) is 28.5 Å². The number of nitrogens with one attached hydrogen (secondary N) is 1. The highest BCUT2D eigenvalue weighted by Crippen LogP contribution is 2.33. The number of carbonyl (C=O) groups excluding carboxylic acids is 1. The predicted molar refractivity (Wildman–Crippen MR) is 152 cm³/mol. The molecule has 1 amide bonds. The molecule has 4 rings (SSSR count). The van der Waals surface area contributed by atoms with Gasteiger partial charge in [-0.25, -0.2) is 14.7 Å². The minimum Gasteiger partial charge on any atom is -0.438 e. The van der Waals surface area contributed by atoms with Crippen LogP contribution >= 0.6 is 0 Å². The molecule has 0 atom stereocenters. The summed E-state index contributed by atoms with van der Waals surface area (Å²) in [5.74, 6) is 0.0993. The van der Waals surface area contributed by atoms with Crippen molar-refractivity contribution in [1.29, 1.82) is 0 Å². The SMILES string of the molecule is Cc1cc(C)c(Oc2nc(-c3ccc(C(C)C)cc3)ccc2C(=O)NS(=O)(=O)c2cccc(C)n2)c(C)c1.[HH].[HH]. The Labute approximate surface area is 227 Å². The predicted octanol–water partition coefficient (Wildman–Crippen LogP) is 6.90. The Balaban J connectivity index is 0.00000280. The van der Waals surface area contributed by atoms with E-state index in [0.29, 0.717) is 23.1 Å². The molecule has 0 aliphatic carbocycles. The van der Waals surface area contributed by atoms with Crippen molar-refractivity contribution in [1.82, 2.24) is 14.7 Å². The number of sulfonamides is 1. The molecule has 2 aromatic carbocycles. The second-order valence-corrected chi connectivity index (χ2v) is 11.3. The van der Waals surface area contributed by atoms with E-state index >= 15 is 0 Å². The highest BCUT2D eigenvalue weighted by Gasteiger charge is 2.24. The Morgan fingerprint density at radius 3 is 2.16 bits per heavy atom. The fraction of sp³-hybridized carbons (Fsp3) is 0.233. The number of hydrogen-bond donors (Lipinski definition) is 1. The van der Waals surface area contributed by atoms with Crippen molar-refractivity contribution < 1.29 is 20.8 Å². The van der Waals surface area contributed by atoms with Gasteiger partial charge in [-0.3, -0.25) is 4.79 Å². The van der Waals surface area contributed by atoms with Gasteiger partial charge in [0.2, 0.25) is 5.88 Å². The third-order valence-electron chi connectivity index (χ3n) is 6.15. The molecular weight excluding hydrogens is 498 g/mol. The van der Waals surface area contributed by atoms with Gasteiger partial charge in [0.15, 0.2) is 5.03 Å². The number of amides is 1. The van der Waals surface area contributed by atoms with Crippen LogP contribution in [-0.4, -0.2) is 24.3 Å². The summed E-state index contributed by atoms with van der Waals surface area (Å²) in [6.45, 7) is 11.7. The molecule has 0 fully saturated rings. The summed E-state index contributed by atoms with van der Waals surface area (Å²) in [5, 5.41) is -0.242. The minimum absolute atomic E-state index is 0. The Morgan fingerprint density at radius 2 is 1.55 bits per heavy atom. The van der Waals surface area contributed by atoms with Crippen LogP contribution in [0.2, 0.25) is 0 Å². The molecule has 1 N–H and O–H groups in total. The lowest BCUT2D eigenvalue weighted by molar-refractivity contribution is 0.0978. The average molecular weight is 534 g/mol. The molecule has 2 heterocycles. The van der Waals surface area contributed by atoms with Gasteiger partial charge < -0.3 is 4.74 Å². The summed E-state index contributed by atoms with van der Waals surface area (Å²) in [7, 11) is -4.21. The third kappa shape index (κ3) is 5.92. The van der Waals surface area contributed by atoms with Gasteiger partial charge in [-0.15, -0.1) is 0 Å². The number of aromatic nitrogens is 2. The van der Waals surface area contributed by atoms with E-state index in [1.165, 1.54) is 17.7 Å². The van der Waals surface area contributed by atoms with Crippen LogP contribution in [0.15, 0.2) is 71.8 Å². The number of benzene rings is 2. The zero-order valence-electron chi connectivity index (χ0n) is 22.4. The number of ether oxygens (including phenoxy) is 1. The summed E-state index contributed by atoms with van der Waals surface area (Å²) in [6, 6.07) is 19.8. The number of rotatable bonds is 7. The van der Waals surface area contributed by atoms with Crippen LogP contribution in [0, 0.1) is 27.7 Å². The van der Waals surface area contributed by atoms with Crippen molar-refractivity contribution in [2.45, 2.75) is 52.5 Å². The molecule has 0 aliphatic heterocycles. The molecule has 0 radical (unpaired) electrons. The topological polar surface area (TPSA) is 98.2 Å². The van der Waals surface area contributed by atoms with Gasteiger partial charge in [0, 0.05) is 14.1 Å². The first-order valence-corrected chi connectivity index (χ1v) is 13.8. The Bertz CT molecular complexity index is 1600. The van der Waals surface area contributed by atoms with Crippen molar-refractivity contribution in [3.8, 4) is 22.9 Å². The standard InChI is InChI=1S/C30H31N3O4S.2H2/c1-18(2)23-10-12-24(13-11-23)26-15-14-25(29(34)33-38(35,36)27-9-7-8-22(6)31-27)30(32-26)37-28-20(4)16-19(3)17-21(28)5;;/h7-18H,1-6H3,(H,33,34);2*1H. The normalized spacial score (nSPS) is 11.4. The lowest BCUT2D eigenvalue weighted by Crippen LogP contribution is -2.31. The van der Waals surface area contributed by atoms with Gasteiger partial charge in [0.05, 0.1) is 5.69 Å². The number of hydrogen-bond acceptors (Lipinski definition) is 6. The number of pyridine rings is 2. The molecule has 7 nitrogen and oxygen atoms in total. The molecule has 0 bridgehead atoms. The number of carbonyl (C=O) groups is 1. The van der Waals surface area contributed by atoms with Gasteiger partial charge in [-0.2, -0.15) is 8.42 Å². The van der Waals surface area contributed by atoms with Crippen molar-refractivity contribution in [3.05, 3.63) is 100 Å². The third-order valence-corrected chi connectivity index (χ3v) is 7.38. The van der Waals surface area contributed by atoms with Crippen LogP contribution in [0.25, 0.3) is 11.3 Å². The Kier molecular flexibility index (Phi) is 7.64. The van der Waals surface area contributed by atoms with Crippen LogP contribution < -0.4 is 9.46 Å². The number of aryl methyl sites for hydroxylation is 4. The van der Waals surface area contributed by atoms with E-state index in [1.807, 2.05) is 57.2 Å². The largest absolute Gasteiger partial charge is 0.438 e. The molecular formula is C30H35N3O4S. The van der Waals surface area contributed by atoms with Gasteiger partial charge in [0.25, 0.3) is 15.9 Å². The summed E-state index contributed by atoms with van der Waals surface area (Å²) in [4.78, 5) is 22.0. The van der Waals surface area contributed by atoms with Crippen molar-refractivity contribution >= 4 is 15.9 Å². The molecule has 8 heteroatoms. The molecule has 200 valence electrons. The van der Waals surface area contributed by atoms with E-state index in [1.54, 1.807) is 25.1 Å². The molecule has 0 spiro atoms. The second kappa shape index (κ2) is 10.8. The first-order valence-electron chi connectivity index (χ1n) is 12.3. The maximum absolute atomic E-state index is 13.3. The van der Waals surface area contributed by atoms with E-state index < -0.39 is 15.9 Å². The highest BCUT2D eigenvalue weighted by atomic mass is 32.2. The van der Waals surface area contributed by atoms with Gasteiger partial charge >= 0.3 is 0 Å². The fourth-order valence-electron chi connectivity index (χ4n) is 4.21. The maximum atomic E-state index is 13.3. The minimum atomic E-state index is -4.21. The molecule has 0 aliphatic rings. The lowest BCUT2D eigenvalue weighted by atomic mass is 10.0. The summed E-state index contributed by atoms with van der Waals surface area (Å²) in [6.07, 6.45) is 0. The van der Waals surface area contributed by atoms with Crippen LogP contribution in [0.4, 0.5) is 0 Å². The summed E-state index contributed by atoms with van der Waals surface area (Å²) >= 11 is 0. The monoisotopic (exact) mass is 533 g/mol. The second-order valence-electron chi connectivity index (χ2n) is 9.71. The first kappa shape index (κ1) is 27.0. The van der Waals surface area contributed by atoms with E-state index in [9.17, 15) is 13.2 Å². The highest BCUT2D eigenvalue weighted by molar-refractivity contribution is 7.90. The maximum Gasteiger partial charge on any atom is 0.281 e. The molecule has 4 aromatic rings. The molecule has 2 aromatic heterocycles. The molecule has 0 saturated heterocycles. The zero-order valence-corrected chi connectivity index (χ0v) is 23.2. The van der Waals surface area contributed by atoms with E-state index in [0.717, 1.165) is 22.3 Å². The summed E-state index contributed by atoms with van der Waals surface area (Å²) < 4.78 is 34.1. The fourth-order valence-corrected chi connectivity index (χ4v) is 5.19. The van der Waals surface area contributed by atoms with Crippen LogP contribution in [-0.2, 0) is 10.0 Å². The van der Waals surface area contributed by atoms with Crippen LogP contribution in [0.5, 0.6) is 11.6 Å². The van der Waals surface area contributed by atoms with E-state index in [-0.39, 0.29) is 19.3 Å². The molecule has 0 saturated carbocycles. The quantitative estimate of drug-likeness (QED) is 0.277. The van der Waals surface area contributed by atoms with Crippen molar-refractivity contribution in [3.63, 3.8) is 0 Å². The smallest absolute Gasteiger partial charge is 0.281 e. The average Bonchev–Trinajstić information content (AvgIpc) is 2.86.